The zero-order valence-electron chi connectivity index (χ0n) is 25.3. The highest BCUT2D eigenvalue weighted by molar-refractivity contribution is 6.05. The van der Waals surface area contributed by atoms with Crippen molar-refractivity contribution in [3.8, 4) is 0 Å². The van der Waals surface area contributed by atoms with Gasteiger partial charge in [0.2, 0.25) is 0 Å². The van der Waals surface area contributed by atoms with Crippen LogP contribution in [-0.4, -0.2) is 46.9 Å². The third-order valence-electron chi connectivity index (χ3n) is 7.50. The maximum absolute atomic E-state index is 13.4. The first kappa shape index (κ1) is 31.1. The molecular formula is C35H39N5O3. The Kier molecular flexibility index (Phi) is 10.4. The second kappa shape index (κ2) is 14.4. The SMILES string of the molecule is C=C(/N=C\C=C(C)C)NC(=O)c1ccc(C2CCN(C(=O)c3ccc(C)c(NC(=O)c4ccc(CC)nc4)c3)CC2)cc1. The maximum Gasteiger partial charge on any atom is 0.257 e. The average Bonchev–Trinajstić information content (AvgIpc) is 3.01. The third kappa shape index (κ3) is 8.35. The van der Waals surface area contributed by atoms with E-state index in [9.17, 15) is 14.4 Å². The molecule has 1 aliphatic heterocycles. The first-order valence-corrected chi connectivity index (χ1v) is 14.6. The second-order valence-corrected chi connectivity index (χ2v) is 11.0. The number of likely N-dealkylation sites (tertiary alicyclic amines) is 1. The lowest BCUT2D eigenvalue weighted by Gasteiger charge is -2.32. The third-order valence-corrected chi connectivity index (χ3v) is 7.50. The Morgan fingerprint density at radius 1 is 0.977 bits per heavy atom. The minimum atomic E-state index is -0.259. The Bertz CT molecular complexity index is 1540. The molecule has 1 aromatic heterocycles. The quantitative estimate of drug-likeness (QED) is 0.285. The van der Waals surface area contributed by atoms with Gasteiger partial charge in [-0.15, -0.1) is 0 Å². The highest BCUT2D eigenvalue weighted by Crippen LogP contribution is 2.29. The van der Waals surface area contributed by atoms with Crippen LogP contribution >= 0.6 is 0 Å². The lowest BCUT2D eigenvalue weighted by atomic mass is 9.88. The van der Waals surface area contributed by atoms with Gasteiger partial charge < -0.3 is 15.5 Å². The van der Waals surface area contributed by atoms with Crippen molar-refractivity contribution in [3.63, 3.8) is 0 Å². The molecule has 2 N–H and O–H groups in total. The maximum atomic E-state index is 13.4. The van der Waals surface area contributed by atoms with Crippen molar-refractivity contribution in [2.75, 3.05) is 18.4 Å². The monoisotopic (exact) mass is 577 g/mol. The zero-order valence-corrected chi connectivity index (χ0v) is 25.3. The zero-order chi connectivity index (χ0) is 30.9. The number of carbonyl (C=O) groups excluding carboxylic acids is 3. The van der Waals surface area contributed by atoms with Crippen LogP contribution in [0.4, 0.5) is 5.69 Å². The van der Waals surface area contributed by atoms with Crippen LogP contribution < -0.4 is 10.6 Å². The first-order valence-electron chi connectivity index (χ1n) is 14.6. The molecule has 4 rings (SSSR count). The number of anilines is 1. The molecule has 2 heterocycles. The molecule has 8 heteroatoms. The van der Waals surface area contributed by atoms with E-state index in [0.717, 1.165) is 41.7 Å². The molecule has 0 saturated carbocycles. The Labute approximate surface area is 253 Å². The van der Waals surface area contributed by atoms with Crippen molar-refractivity contribution in [1.29, 1.82) is 0 Å². The van der Waals surface area contributed by atoms with Crippen LogP contribution in [-0.2, 0) is 6.42 Å². The fourth-order valence-corrected chi connectivity index (χ4v) is 4.87. The number of nitrogens with zero attached hydrogens (tertiary/aromatic N) is 3. The number of aliphatic imine (C=N–C) groups is 1. The number of pyridine rings is 1. The van der Waals surface area contributed by atoms with E-state index in [4.69, 9.17) is 0 Å². The summed E-state index contributed by atoms with van der Waals surface area (Å²) in [5, 5.41) is 5.64. The molecule has 43 heavy (non-hydrogen) atoms. The molecule has 1 saturated heterocycles. The van der Waals surface area contributed by atoms with Gasteiger partial charge in [-0.05, 0) is 99.6 Å². The summed E-state index contributed by atoms with van der Waals surface area (Å²) >= 11 is 0. The summed E-state index contributed by atoms with van der Waals surface area (Å²) in [6.07, 6.45) is 7.48. The van der Waals surface area contributed by atoms with E-state index < -0.39 is 0 Å². The van der Waals surface area contributed by atoms with Crippen molar-refractivity contribution in [2.24, 2.45) is 4.99 Å². The van der Waals surface area contributed by atoms with Gasteiger partial charge >= 0.3 is 0 Å². The van der Waals surface area contributed by atoms with Gasteiger partial charge in [0.05, 0.1) is 5.56 Å². The van der Waals surface area contributed by atoms with Crippen LogP contribution in [0, 0.1) is 6.92 Å². The van der Waals surface area contributed by atoms with Crippen LogP contribution in [0.3, 0.4) is 0 Å². The molecule has 1 fully saturated rings. The number of amides is 3. The van der Waals surface area contributed by atoms with Gasteiger partial charge in [0.15, 0.2) is 0 Å². The van der Waals surface area contributed by atoms with Crippen molar-refractivity contribution in [3.05, 3.63) is 118 Å². The van der Waals surface area contributed by atoms with Gasteiger partial charge in [0.25, 0.3) is 17.7 Å². The predicted octanol–water partition coefficient (Wildman–Crippen LogP) is 6.46. The summed E-state index contributed by atoms with van der Waals surface area (Å²) in [4.78, 5) is 49.0. The molecule has 0 atom stereocenters. The number of hydrogen-bond acceptors (Lipinski definition) is 5. The molecule has 0 unspecified atom stereocenters. The predicted molar refractivity (Wildman–Crippen MR) is 172 cm³/mol. The van der Waals surface area contributed by atoms with Crippen LogP contribution in [0.2, 0.25) is 0 Å². The van der Waals surface area contributed by atoms with Gasteiger partial charge in [0, 0.05) is 48.0 Å². The molecule has 8 nitrogen and oxygen atoms in total. The number of allylic oxidation sites excluding steroid dienone is 2. The average molecular weight is 578 g/mol. The van der Waals surface area contributed by atoms with Crippen LogP contribution in [0.1, 0.15) is 87.4 Å². The van der Waals surface area contributed by atoms with Crippen molar-refractivity contribution >= 4 is 29.6 Å². The van der Waals surface area contributed by atoms with E-state index in [1.807, 2.05) is 81.1 Å². The Morgan fingerprint density at radius 3 is 2.28 bits per heavy atom. The first-order chi connectivity index (χ1) is 20.6. The van der Waals surface area contributed by atoms with Crippen LogP contribution in [0.15, 0.2) is 89.8 Å². The fraction of sp³-hybridized carbons (Fsp3) is 0.286. The molecule has 3 aromatic rings. The molecule has 2 aromatic carbocycles. The molecule has 0 bridgehead atoms. The number of nitrogens with one attached hydrogen (secondary N) is 2. The Hall–Kier alpha value is -4.85. The van der Waals surface area contributed by atoms with Gasteiger partial charge in [-0.3, -0.25) is 19.4 Å². The minimum absolute atomic E-state index is 0.0533. The Morgan fingerprint density at radius 2 is 1.65 bits per heavy atom. The summed E-state index contributed by atoms with van der Waals surface area (Å²) < 4.78 is 0. The van der Waals surface area contributed by atoms with Gasteiger partial charge in [-0.1, -0.05) is 37.3 Å². The molecular weight excluding hydrogens is 538 g/mol. The summed E-state index contributed by atoms with van der Waals surface area (Å²) in [5.74, 6) is 0.00888. The molecule has 0 radical (unpaired) electrons. The normalized spacial score (nSPS) is 13.4. The topological polar surface area (TPSA) is 104 Å². The van der Waals surface area contributed by atoms with Gasteiger partial charge in [-0.25, -0.2) is 4.99 Å². The smallest absolute Gasteiger partial charge is 0.257 e. The number of hydrogen-bond donors (Lipinski definition) is 2. The number of rotatable bonds is 9. The second-order valence-electron chi connectivity index (χ2n) is 11.0. The largest absolute Gasteiger partial charge is 0.339 e. The van der Waals surface area contributed by atoms with E-state index in [2.05, 4.69) is 27.2 Å². The van der Waals surface area contributed by atoms with E-state index in [-0.39, 0.29) is 23.5 Å². The number of aromatic nitrogens is 1. The van der Waals surface area contributed by atoms with E-state index in [1.54, 1.807) is 24.5 Å². The molecule has 0 spiro atoms. The number of piperidine rings is 1. The van der Waals surface area contributed by atoms with E-state index >= 15 is 0 Å². The highest BCUT2D eigenvalue weighted by Gasteiger charge is 2.25. The summed E-state index contributed by atoms with van der Waals surface area (Å²) in [6, 6.07) is 16.6. The van der Waals surface area contributed by atoms with Crippen molar-refractivity contribution < 1.29 is 14.4 Å². The molecule has 222 valence electrons. The highest BCUT2D eigenvalue weighted by atomic mass is 16.2. The van der Waals surface area contributed by atoms with Crippen molar-refractivity contribution in [1.82, 2.24) is 15.2 Å². The van der Waals surface area contributed by atoms with Crippen molar-refractivity contribution in [2.45, 2.75) is 52.9 Å². The van der Waals surface area contributed by atoms with E-state index in [1.165, 1.54) is 0 Å². The lowest BCUT2D eigenvalue weighted by molar-refractivity contribution is 0.0712. The van der Waals surface area contributed by atoms with Crippen LogP contribution in [0.5, 0.6) is 0 Å². The number of benzene rings is 2. The van der Waals surface area contributed by atoms with Gasteiger partial charge in [-0.2, -0.15) is 0 Å². The number of aryl methyl sites for hydroxylation is 2. The summed E-state index contributed by atoms with van der Waals surface area (Å²) in [6.45, 7) is 12.9. The standard InChI is InChI=1S/C35H39N5O3/c1-6-31-14-13-30(22-37-31)34(42)39-32-21-29(8-7-24(32)4)35(43)40-19-16-27(17-20-40)26-9-11-28(12-10-26)33(41)38-25(5)36-18-15-23(2)3/h7-15,18,21-22,27H,5-6,16-17,19-20H2,1-4H3,(H,38,41)(H,39,42)/b36-18-. The Balaban J connectivity index is 1.32. The summed E-state index contributed by atoms with van der Waals surface area (Å²) in [7, 11) is 0. The molecule has 1 aliphatic rings. The van der Waals surface area contributed by atoms with E-state index in [0.29, 0.717) is 41.4 Å². The fourth-order valence-electron chi connectivity index (χ4n) is 4.87. The van der Waals surface area contributed by atoms with Gasteiger partial charge in [0.1, 0.15) is 5.82 Å². The van der Waals surface area contributed by atoms with Crippen LogP contribution in [0.25, 0.3) is 0 Å². The lowest BCUT2D eigenvalue weighted by Crippen LogP contribution is -2.38. The molecule has 0 aliphatic carbocycles. The number of carbonyl (C=O) groups is 3. The summed E-state index contributed by atoms with van der Waals surface area (Å²) in [5.41, 5.74) is 6.20. The minimum Gasteiger partial charge on any atom is -0.339 e. The molecule has 3 amide bonds.